The molecule has 0 radical (unpaired) electrons. The Morgan fingerprint density at radius 1 is 0.871 bits per heavy atom. The second kappa shape index (κ2) is 8.46. The normalized spacial score (nSPS) is 21.8. The Morgan fingerprint density at radius 2 is 1.45 bits per heavy atom. The highest BCUT2D eigenvalue weighted by atomic mass is 32.2. The Bertz CT molecular complexity index is 1120. The van der Waals surface area contributed by atoms with E-state index in [1.165, 1.54) is 5.56 Å². The lowest BCUT2D eigenvalue weighted by atomic mass is 9.91. The van der Waals surface area contributed by atoms with Crippen LogP contribution in [0.15, 0.2) is 83.8 Å². The lowest BCUT2D eigenvalue weighted by molar-refractivity contribution is -0.976. The smallest absolute Gasteiger partial charge is 0.297 e. The van der Waals surface area contributed by atoms with E-state index in [-0.39, 0.29) is 17.0 Å². The van der Waals surface area contributed by atoms with Gasteiger partial charge in [0.15, 0.2) is 6.10 Å². The number of benzene rings is 3. The molecular weight excluding hydrogens is 410 g/mol. The van der Waals surface area contributed by atoms with Gasteiger partial charge in [0.1, 0.15) is 24.9 Å². The van der Waals surface area contributed by atoms with Crippen LogP contribution >= 0.6 is 0 Å². The molecule has 1 saturated heterocycles. The molecule has 1 aliphatic heterocycles. The Hall–Kier alpha value is -2.67. The lowest BCUT2D eigenvalue weighted by Gasteiger charge is -2.51. The van der Waals surface area contributed by atoms with Gasteiger partial charge in [-0.1, -0.05) is 48.0 Å². The van der Waals surface area contributed by atoms with Crippen molar-refractivity contribution in [3.63, 3.8) is 0 Å². The zero-order valence-corrected chi connectivity index (χ0v) is 18.9. The van der Waals surface area contributed by atoms with Crippen molar-refractivity contribution in [3.05, 3.63) is 95.6 Å². The molecule has 1 unspecified atom stereocenters. The van der Waals surface area contributed by atoms with Crippen molar-refractivity contribution < 1.29 is 21.8 Å². The summed E-state index contributed by atoms with van der Waals surface area (Å²) in [6.07, 6.45) is -0.347. The molecule has 0 amide bonds. The molecule has 1 fully saturated rings. The van der Waals surface area contributed by atoms with E-state index in [1.807, 2.05) is 37.3 Å². The van der Waals surface area contributed by atoms with Crippen LogP contribution in [0.2, 0.25) is 0 Å². The van der Waals surface area contributed by atoms with Crippen LogP contribution in [-0.2, 0) is 14.3 Å². The van der Waals surface area contributed by atoms with Crippen LogP contribution in [0.1, 0.15) is 22.7 Å². The first-order chi connectivity index (χ1) is 14.8. The zero-order valence-electron chi connectivity index (χ0n) is 18.1. The van der Waals surface area contributed by atoms with E-state index in [1.54, 1.807) is 31.4 Å². The summed E-state index contributed by atoms with van der Waals surface area (Å²) >= 11 is 0. The second-order valence-electron chi connectivity index (χ2n) is 8.42. The summed E-state index contributed by atoms with van der Waals surface area (Å²) in [6.45, 7) is 3.14. The third-order valence-electron chi connectivity index (χ3n) is 5.98. The molecule has 0 aromatic heterocycles. The molecule has 6 heteroatoms. The van der Waals surface area contributed by atoms with Crippen molar-refractivity contribution >= 4 is 10.1 Å². The van der Waals surface area contributed by atoms with E-state index in [9.17, 15) is 8.42 Å². The number of hydrogen-bond donors (Lipinski definition) is 0. The highest BCUT2D eigenvalue weighted by molar-refractivity contribution is 7.86. The van der Waals surface area contributed by atoms with Crippen molar-refractivity contribution in [2.24, 2.45) is 0 Å². The van der Waals surface area contributed by atoms with Crippen LogP contribution < -0.4 is 4.74 Å². The van der Waals surface area contributed by atoms with Gasteiger partial charge in [-0.3, -0.25) is 4.18 Å². The lowest BCUT2D eigenvalue weighted by Crippen LogP contribution is -2.66. The van der Waals surface area contributed by atoms with E-state index in [2.05, 4.69) is 31.3 Å². The molecule has 1 aliphatic rings. The summed E-state index contributed by atoms with van der Waals surface area (Å²) in [4.78, 5) is 0.203. The molecule has 31 heavy (non-hydrogen) atoms. The van der Waals surface area contributed by atoms with Gasteiger partial charge >= 0.3 is 0 Å². The van der Waals surface area contributed by atoms with Crippen molar-refractivity contribution in [3.8, 4) is 5.75 Å². The van der Waals surface area contributed by atoms with Crippen molar-refractivity contribution in [2.75, 3.05) is 27.2 Å². The number of quaternary nitrogens is 1. The van der Waals surface area contributed by atoms with Gasteiger partial charge in [0.25, 0.3) is 10.1 Å². The van der Waals surface area contributed by atoms with Crippen LogP contribution in [0.25, 0.3) is 0 Å². The third-order valence-corrected chi connectivity index (χ3v) is 7.36. The minimum atomic E-state index is -3.78. The summed E-state index contributed by atoms with van der Waals surface area (Å²) in [5, 5.41) is 0. The Morgan fingerprint density at radius 3 is 2.03 bits per heavy atom. The highest BCUT2D eigenvalue weighted by Gasteiger charge is 2.49. The van der Waals surface area contributed by atoms with Gasteiger partial charge in [0.2, 0.25) is 0 Å². The minimum absolute atomic E-state index is 0.0778. The predicted octanol–water partition coefficient (Wildman–Crippen LogP) is 4.33. The van der Waals surface area contributed by atoms with Gasteiger partial charge in [-0.05, 0) is 43.3 Å². The minimum Gasteiger partial charge on any atom is -0.497 e. The molecule has 0 aliphatic carbocycles. The summed E-state index contributed by atoms with van der Waals surface area (Å²) in [5.74, 6) is 0.812. The van der Waals surface area contributed by atoms with Crippen LogP contribution in [0.4, 0.5) is 0 Å². The van der Waals surface area contributed by atoms with Crippen LogP contribution in [0, 0.1) is 6.92 Å². The van der Waals surface area contributed by atoms with Gasteiger partial charge < -0.3 is 9.22 Å². The van der Waals surface area contributed by atoms with E-state index in [4.69, 9.17) is 8.92 Å². The maximum Gasteiger partial charge on any atom is 0.297 e. The standard InChI is InChI=1S/C25H28NO4S/c1-19-9-15-24(16-10-19)31(27,28)30-23-17-26(2,18-23)25(20-7-5-4-6-8-20)21-11-13-22(29-3)14-12-21/h4-16,23,25H,17-18H2,1-3H3/q+1. The third kappa shape index (κ3) is 4.51. The molecule has 1 atom stereocenters. The molecule has 0 N–H and O–H groups in total. The summed E-state index contributed by atoms with van der Waals surface area (Å²) in [7, 11) is 0.0314. The number of likely N-dealkylation sites (tertiary alicyclic amines) is 1. The number of aryl methyl sites for hydroxylation is 1. The van der Waals surface area contributed by atoms with E-state index in [0.717, 1.165) is 16.9 Å². The average Bonchev–Trinajstić information content (AvgIpc) is 2.74. The Kier molecular flexibility index (Phi) is 5.88. The van der Waals surface area contributed by atoms with Gasteiger partial charge in [-0.25, -0.2) is 0 Å². The molecule has 0 bridgehead atoms. The number of hydrogen-bond acceptors (Lipinski definition) is 4. The highest BCUT2D eigenvalue weighted by Crippen LogP contribution is 2.40. The fourth-order valence-electron chi connectivity index (χ4n) is 4.42. The molecule has 0 spiro atoms. The van der Waals surface area contributed by atoms with Crippen LogP contribution in [0.3, 0.4) is 0 Å². The van der Waals surface area contributed by atoms with Gasteiger partial charge in [0.05, 0.1) is 19.1 Å². The first-order valence-electron chi connectivity index (χ1n) is 10.3. The van der Waals surface area contributed by atoms with Gasteiger partial charge in [0, 0.05) is 11.1 Å². The molecule has 1 heterocycles. The number of methoxy groups -OCH3 is 1. The first kappa shape index (κ1) is 21.6. The van der Waals surface area contributed by atoms with Crippen molar-refractivity contribution in [1.82, 2.24) is 0 Å². The Labute approximate surface area is 184 Å². The molecular formula is C25H28NO4S+. The SMILES string of the molecule is COc1ccc(C(c2ccccc2)[N+]2(C)CC(OS(=O)(=O)c3ccc(C)cc3)C2)cc1. The van der Waals surface area contributed by atoms with E-state index >= 15 is 0 Å². The summed E-state index contributed by atoms with van der Waals surface area (Å²) in [5.41, 5.74) is 3.36. The number of likely N-dealkylation sites (N-methyl/N-ethyl adjacent to an activating group) is 1. The molecule has 0 saturated carbocycles. The predicted molar refractivity (Wildman–Crippen MR) is 120 cm³/mol. The molecule has 3 aromatic carbocycles. The summed E-state index contributed by atoms with van der Waals surface area (Å²) in [6, 6.07) is 25.3. The molecule has 3 aromatic rings. The Balaban J connectivity index is 1.55. The monoisotopic (exact) mass is 438 g/mol. The van der Waals surface area contributed by atoms with Crippen LogP contribution in [0.5, 0.6) is 5.75 Å². The number of rotatable bonds is 7. The van der Waals surface area contributed by atoms with Gasteiger partial charge in [-0.2, -0.15) is 8.42 Å². The molecule has 4 rings (SSSR count). The largest absolute Gasteiger partial charge is 0.497 e. The fourth-order valence-corrected chi connectivity index (χ4v) is 5.48. The number of ether oxygens (including phenoxy) is 1. The van der Waals surface area contributed by atoms with E-state index < -0.39 is 10.1 Å². The average molecular weight is 439 g/mol. The first-order valence-corrected chi connectivity index (χ1v) is 11.7. The summed E-state index contributed by atoms with van der Waals surface area (Å²) < 4.78 is 37.0. The maximum atomic E-state index is 12.7. The second-order valence-corrected chi connectivity index (χ2v) is 9.99. The molecule has 5 nitrogen and oxygen atoms in total. The van der Waals surface area contributed by atoms with Crippen molar-refractivity contribution in [1.29, 1.82) is 0 Å². The fraction of sp³-hybridized carbons (Fsp3) is 0.280. The van der Waals surface area contributed by atoms with Crippen LogP contribution in [-0.4, -0.2) is 46.3 Å². The zero-order chi connectivity index (χ0) is 22.1. The topological polar surface area (TPSA) is 52.6 Å². The number of nitrogens with zero attached hydrogens (tertiary/aromatic N) is 1. The van der Waals surface area contributed by atoms with E-state index in [0.29, 0.717) is 17.6 Å². The van der Waals surface area contributed by atoms with Crippen molar-refractivity contribution in [2.45, 2.75) is 24.0 Å². The van der Waals surface area contributed by atoms with Gasteiger partial charge in [-0.15, -0.1) is 0 Å². The molecule has 162 valence electrons. The maximum absolute atomic E-state index is 12.7. The quantitative estimate of drug-likeness (QED) is 0.407.